The molecule has 1 aliphatic heterocycles. The number of thiocarbonyl (C=S) groups is 1. The Labute approximate surface area is 207 Å². The number of anilines is 2. The molecule has 4 rings (SSSR count). The summed E-state index contributed by atoms with van der Waals surface area (Å²) in [5.74, 6) is -0.0780. The van der Waals surface area contributed by atoms with Crippen LogP contribution in [0.15, 0.2) is 65.1 Å². The van der Waals surface area contributed by atoms with Crippen LogP contribution in [-0.4, -0.2) is 48.0 Å². The monoisotopic (exact) mass is 524 g/mol. The minimum absolute atomic E-state index is 0.186. The summed E-state index contributed by atoms with van der Waals surface area (Å²) in [5, 5.41) is 8.05. The Balaban J connectivity index is 1.46. The van der Waals surface area contributed by atoms with Crippen molar-refractivity contribution in [2.45, 2.75) is 13.3 Å². The first-order valence-electron chi connectivity index (χ1n) is 10.9. The average molecular weight is 525 g/mol. The van der Waals surface area contributed by atoms with Crippen LogP contribution in [0, 0.1) is 0 Å². The topological polar surface area (TPSA) is 64.7 Å². The fraction of sp³-hybridized carbons (Fsp3) is 0.240. The van der Waals surface area contributed by atoms with Gasteiger partial charge in [-0.3, -0.25) is 14.9 Å². The third-order valence-electron chi connectivity index (χ3n) is 5.77. The van der Waals surface area contributed by atoms with Crippen molar-refractivity contribution >= 4 is 67.2 Å². The molecule has 3 aromatic rings. The molecule has 0 atom stereocenters. The Morgan fingerprint density at radius 1 is 0.939 bits per heavy atom. The summed E-state index contributed by atoms with van der Waals surface area (Å²) in [6.45, 7) is 4.76. The zero-order valence-corrected chi connectivity index (χ0v) is 20.7. The standard InChI is InChI=1S/C25H25BrN4O2S/c1-2-23(31)30-15-13-29(14-16-30)22-12-4-3-11-21(22)27-25(33)28-24(32)19-9-5-8-18-17(19)7-6-10-20(18)26/h3-12H,2,13-16H2,1H3,(H2,27,28,32,33). The molecule has 170 valence electrons. The van der Waals surface area contributed by atoms with Gasteiger partial charge in [0.2, 0.25) is 5.91 Å². The fourth-order valence-electron chi connectivity index (χ4n) is 4.07. The van der Waals surface area contributed by atoms with Gasteiger partial charge in [-0.25, -0.2) is 0 Å². The summed E-state index contributed by atoms with van der Waals surface area (Å²) in [6.07, 6.45) is 0.528. The van der Waals surface area contributed by atoms with Crippen LogP contribution in [0.1, 0.15) is 23.7 Å². The first-order chi connectivity index (χ1) is 16.0. The number of nitrogens with zero attached hydrogens (tertiary/aromatic N) is 2. The predicted octanol–water partition coefficient (Wildman–Crippen LogP) is 4.79. The second kappa shape index (κ2) is 10.3. The van der Waals surface area contributed by atoms with Crippen molar-refractivity contribution in [2.75, 3.05) is 36.4 Å². The van der Waals surface area contributed by atoms with Crippen LogP contribution >= 0.6 is 28.1 Å². The largest absolute Gasteiger partial charge is 0.366 e. The predicted molar refractivity (Wildman–Crippen MR) is 141 cm³/mol. The third kappa shape index (κ3) is 5.17. The van der Waals surface area contributed by atoms with Gasteiger partial charge >= 0.3 is 0 Å². The van der Waals surface area contributed by atoms with E-state index in [2.05, 4.69) is 31.5 Å². The molecule has 0 saturated carbocycles. The minimum Gasteiger partial charge on any atom is -0.366 e. The molecule has 0 unspecified atom stereocenters. The van der Waals surface area contributed by atoms with Gasteiger partial charge in [0.15, 0.2) is 5.11 Å². The van der Waals surface area contributed by atoms with E-state index >= 15 is 0 Å². The van der Waals surface area contributed by atoms with Gasteiger partial charge in [-0.2, -0.15) is 0 Å². The number of piperazine rings is 1. The normalized spacial score (nSPS) is 13.6. The van der Waals surface area contributed by atoms with Gasteiger partial charge < -0.3 is 15.1 Å². The van der Waals surface area contributed by atoms with Gasteiger partial charge in [-0.05, 0) is 47.3 Å². The smallest absolute Gasteiger partial charge is 0.258 e. The molecule has 2 N–H and O–H groups in total. The Bertz CT molecular complexity index is 1210. The van der Waals surface area contributed by atoms with Crippen LogP contribution in [0.25, 0.3) is 10.8 Å². The van der Waals surface area contributed by atoms with E-state index in [0.717, 1.165) is 39.7 Å². The van der Waals surface area contributed by atoms with E-state index < -0.39 is 0 Å². The second-order valence-corrected chi connectivity index (χ2v) is 9.05. The van der Waals surface area contributed by atoms with E-state index in [1.54, 1.807) is 6.07 Å². The Morgan fingerprint density at radius 3 is 2.39 bits per heavy atom. The van der Waals surface area contributed by atoms with Crippen molar-refractivity contribution in [1.29, 1.82) is 0 Å². The molecule has 1 aliphatic rings. The molecule has 1 saturated heterocycles. The maximum Gasteiger partial charge on any atom is 0.258 e. The Morgan fingerprint density at radius 2 is 1.64 bits per heavy atom. The third-order valence-corrected chi connectivity index (χ3v) is 6.66. The summed E-state index contributed by atoms with van der Waals surface area (Å²) in [6, 6.07) is 19.2. The van der Waals surface area contributed by atoms with Crippen LogP contribution < -0.4 is 15.5 Å². The minimum atomic E-state index is -0.264. The number of carbonyl (C=O) groups is 2. The lowest BCUT2D eigenvalue weighted by molar-refractivity contribution is -0.131. The second-order valence-electron chi connectivity index (χ2n) is 7.79. The lowest BCUT2D eigenvalue weighted by Gasteiger charge is -2.37. The van der Waals surface area contributed by atoms with Gasteiger partial charge in [-0.1, -0.05) is 59.3 Å². The highest BCUT2D eigenvalue weighted by molar-refractivity contribution is 9.10. The molecule has 0 bridgehead atoms. The molecule has 1 heterocycles. The highest BCUT2D eigenvalue weighted by Gasteiger charge is 2.22. The molecular weight excluding hydrogens is 500 g/mol. The average Bonchev–Trinajstić information content (AvgIpc) is 2.84. The number of carbonyl (C=O) groups excluding carboxylic acids is 2. The Hall–Kier alpha value is -2.97. The van der Waals surface area contributed by atoms with E-state index in [0.29, 0.717) is 25.1 Å². The molecule has 0 aromatic heterocycles. The number of para-hydroxylation sites is 2. The zero-order valence-electron chi connectivity index (χ0n) is 18.3. The molecule has 1 fully saturated rings. The number of fused-ring (bicyclic) bond motifs is 1. The SMILES string of the molecule is CCC(=O)N1CCN(c2ccccc2NC(=S)NC(=O)c2cccc3c(Br)cccc23)CC1. The molecule has 0 aliphatic carbocycles. The van der Waals surface area contributed by atoms with Gasteiger partial charge in [0.25, 0.3) is 5.91 Å². The number of halogens is 1. The molecule has 6 nitrogen and oxygen atoms in total. The van der Waals surface area contributed by atoms with Gasteiger partial charge in [0, 0.05) is 42.6 Å². The Kier molecular flexibility index (Phi) is 7.25. The van der Waals surface area contributed by atoms with Crippen LogP contribution in [0.3, 0.4) is 0 Å². The maximum absolute atomic E-state index is 13.0. The summed E-state index contributed by atoms with van der Waals surface area (Å²) in [4.78, 5) is 29.1. The molecule has 3 aromatic carbocycles. The zero-order chi connectivity index (χ0) is 23.4. The molecule has 0 spiro atoms. The lowest BCUT2D eigenvalue weighted by atomic mass is 10.0. The van der Waals surface area contributed by atoms with Crippen molar-refractivity contribution in [3.8, 4) is 0 Å². The van der Waals surface area contributed by atoms with Crippen molar-refractivity contribution in [3.63, 3.8) is 0 Å². The van der Waals surface area contributed by atoms with Crippen molar-refractivity contribution < 1.29 is 9.59 Å². The number of benzene rings is 3. The highest BCUT2D eigenvalue weighted by Crippen LogP contribution is 2.28. The number of hydrogen-bond donors (Lipinski definition) is 2. The number of nitrogens with one attached hydrogen (secondary N) is 2. The molecule has 8 heteroatoms. The summed E-state index contributed by atoms with van der Waals surface area (Å²) >= 11 is 9.01. The van der Waals surface area contributed by atoms with Crippen molar-refractivity contribution in [2.24, 2.45) is 0 Å². The molecular formula is C25H25BrN4O2S. The summed E-state index contributed by atoms with van der Waals surface area (Å²) < 4.78 is 0.935. The lowest BCUT2D eigenvalue weighted by Crippen LogP contribution is -2.48. The van der Waals surface area contributed by atoms with E-state index in [1.165, 1.54) is 0 Å². The van der Waals surface area contributed by atoms with E-state index in [9.17, 15) is 9.59 Å². The van der Waals surface area contributed by atoms with Crippen molar-refractivity contribution in [1.82, 2.24) is 10.2 Å². The quantitative estimate of drug-likeness (QED) is 0.480. The van der Waals surface area contributed by atoms with Gasteiger partial charge in [-0.15, -0.1) is 0 Å². The number of hydrogen-bond acceptors (Lipinski definition) is 4. The van der Waals surface area contributed by atoms with E-state index in [1.807, 2.05) is 66.4 Å². The van der Waals surface area contributed by atoms with E-state index in [-0.39, 0.29) is 16.9 Å². The first kappa shape index (κ1) is 23.2. The molecule has 0 radical (unpaired) electrons. The van der Waals surface area contributed by atoms with E-state index in [4.69, 9.17) is 12.2 Å². The summed E-state index contributed by atoms with van der Waals surface area (Å²) in [5.41, 5.74) is 2.37. The first-order valence-corrected chi connectivity index (χ1v) is 12.1. The van der Waals surface area contributed by atoms with Crippen molar-refractivity contribution in [3.05, 3.63) is 70.7 Å². The maximum atomic E-state index is 13.0. The number of amides is 2. The molecule has 2 amide bonds. The summed E-state index contributed by atoms with van der Waals surface area (Å²) in [7, 11) is 0. The van der Waals surface area contributed by atoms with Gasteiger partial charge in [0.1, 0.15) is 0 Å². The fourth-order valence-corrected chi connectivity index (χ4v) is 4.77. The highest BCUT2D eigenvalue weighted by atomic mass is 79.9. The van der Waals surface area contributed by atoms with Crippen LogP contribution in [-0.2, 0) is 4.79 Å². The van der Waals surface area contributed by atoms with Crippen LogP contribution in [0.2, 0.25) is 0 Å². The van der Waals surface area contributed by atoms with Crippen LogP contribution in [0.5, 0.6) is 0 Å². The van der Waals surface area contributed by atoms with Crippen LogP contribution in [0.4, 0.5) is 11.4 Å². The number of rotatable bonds is 4. The van der Waals surface area contributed by atoms with Gasteiger partial charge in [0.05, 0.1) is 11.4 Å². The molecule has 33 heavy (non-hydrogen) atoms.